The van der Waals surface area contributed by atoms with Crippen molar-refractivity contribution in [2.24, 2.45) is 0 Å². The first-order valence-electron chi connectivity index (χ1n) is 20.3. The average molecular weight is 753 g/mol. The molecule has 0 atom stereocenters. The third-order valence-electron chi connectivity index (χ3n) is 11.8. The Labute approximate surface area is 340 Å². The molecule has 4 nitrogen and oxygen atoms in total. The molecule has 0 unspecified atom stereocenters. The fraction of sp³-hybridized carbons (Fsp3) is 0.148. The zero-order chi connectivity index (χ0) is 39.8. The Morgan fingerprint density at radius 2 is 0.638 bits per heavy atom. The van der Waals surface area contributed by atoms with Gasteiger partial charge in [-0.05, 0) is 130 Å². The topological polar surface area (TPSA) is 38.1 Å². The summed E-state index contributed by atoms with van der Waals surface area (Å²) < 4.78 is 0. The van der Waals surface area contributed by atoms with Gasteiger partial charge in [-0.3, -0.25) is 0 Å². The predicted octanol–water partition coefficient (Wildman–Crippen LogP) is 15.6. The second kappa shape index (κ2) is 13.4. The lowest BCUT2D eigenvalue weighted by Crippen LogP contribution is -2.13. The van der Waals surface area contributed by atoms with Gasteiger partial charge in [0.2, 0.25) is 0 Å². The van der Waals surface area contributed by atoms with E-state index in [1.807, 2.05) is 0 Å². The summed E-state index contributed by atoms with van der Waals surface area (Å²) in [5.41, 5.74) is 14.1. The third kappa shape index (κ3) is 6.26. The number of H-pyrrole nitrogens is 2. The van der Waals surface area contributed by atoms with Crippen molar-refractivity contribution in [2.75, 3.05) is 9.80 Å². The van der Waals surface area contributed by atoms with Gasteiger partial charge in [0.05, 0.1) is 0 Å². The van der Waals surface area contributed by atoms with Gasteiger partial charge in [0, 0.05) is 77.7 Å². The van der Waals surface area contributed by atoms with Crippen LogP contribution in [-0.2, 0) is 10.8 Å². The van der Waals surface area contributed by atoms with E-state index in [1.165, 1.54) is 43.4 Å². The second-order valence-electron chi connectivity index (χ2n) is 17.8. The highest BCUT2D eigenvalue weighted by Crippen LogP contribution is 2.41. The van der Waals surface area contributed by atoms with Crippen molar-refractivity contribution < 1.29 is 0 Å². The van der Waals surface area contributed by atoms with Crippen molar-refractivity contribution in [1.82, 2.24) is 9.97 Å². The van der Waals surface area contributed by atoms with Gasteiger partial charge in [0.15, 0.2) is 0 Å². The minimum absolute atomic E-state index is 0.0935. The number of aromatic amines is 2. The van der Waals surface area contributed by atoms with Crippen molar-refractivity contribution in [2.45, 2.75) is 52.4 Å². The highest BCUT2D eigenvalue weighted by atomic mass is 15.1. The number of nitrogens with zero attached hydrogens (tertiary/aromatic N) is 2. The maximum Gasteiger partial charge on any atom is 0.0485 e. The molecule has 10 rings (SSSR count). The zero-order valence-electron chi connectivity index (χ0n) is 34.1. The molecule has 0 saturated carbocycles. The van der Waals surface area contributed by atoms with Crippen LogP contribution in [0.5, 0.6) is 0 Å². The molecule has 0 aliphatic carbocycles. The van der Waals surface area contributed by atoms with E-state index >= 15 is 0 Å². The summed E-state index contributed by atoms with van der Waals surface area (Å²) in [6.45, 7) is 13.6. The van der Waals surface area contributed by atoms with E-state index < -0.39 is 0 Å². The first-order valence-corrected chi connectivity index (χ1v) is 20.3. The summed E-state index contributed by atoms with van der Waals surface area (Å²) in [5.74, 6) is 0. The van der Waals surface area contributed by atoms with E-state index in [0.717, 1.165) is 56.2 Å². The van der Waals surface area contributed by atoms with Crippen molar-refractivity contribution in [3.05, 3.63) is 181 Å². The highest BCUT2D eigenvalue weighted by Gasteiger charge is 2.20. The molecule has 10 aromatic rings. The van der Waals surface area contributed by atoms with Crippen LogP contribution in [0.15, 0.2) is 170 Å². The first kappa shape index (κ1) is 35.6. The fourth-order valence-corrected chi connectivity index (χ4v) is 8.58. The first-order chi connectivity index (χ1) is 28.0. The van der Waals surface area contributed by atoms with Crippen LogP contribution < -0.4 is 9.80 Å². The second-order valence-corrected chi connectivity index (χ2v) is 17.8. The molecule has 4 heteroatoms. The van der Waals surface area contributed by atoms with Crippen LogP contribution in [-0.4, -0.2) is 9.97 Å². The maximum atomic E-state index is 3.79. The van der Waals surface area contributed by atoms with Gasteiger partial charge in [0.25, 0.3) is 0 Å². The minimum atomic E-state index is 0.0935. The van der Waals surface area contributed by atoms with Crippen molar-refractivity contribution in [3.63, 3.8) is 0 Å². The molecule has 8 aromatic carbocycles. The standard InChI is InChI=1S/C54H48N4/c1-53(2,3)37-17-21-41(22-18-37)57(39-13-9-7-10-14-39)43-25-27-45-47-29-35-30-48-46-28-26-44(34-52(46)56-50(48)32-36(35)31-49(47)55-51(45)33-43)58(40-15-11-8-12-16-40)42-23-19-38(20-24-42)54(4,5)6/h7-34,55-56H,1-6H3. The van der Waals surface area contributed by atoms with Gasteiger partial charge in [-0.1, -0.05) is 114 Å². The molecule has 0 spiro atoms. The number of benzene rings is 8. The lowest BCUT2D eigenvalue weighted by Gasteiger charge is -2.27. The van der Waals surface area contributed by atoms with Crippen molar-refractivity contribution in [3.8, 4) is 0 Å². The summed E-state index contributed by atoms with van der Waals surface area (Å²) in [5, 5.41) is 7.33. The molecule has 0 radical (unpaired) electrons. The van der Waals surface area contributed by atoms with Gasteiger partial charge in [-0.2, -0.15) is 0 Å². The Morgan fingerprint density at radius 3 is 1.02 bits per heavy atom. The molecule has 284 valence electrons. The Bertz CT molecular complexity index is 2890. The van der Waals surface area contributed by atoms with Gasteiger partial charge in [0.1, 0.15) is 0 Å². The Hall–Kier alpha value is -6.78. The monoisotopic (exact) mass is 752 g/mol. The largest absolute Gasteiger partial charge is 0.354 e. The maximum absolute atomic E-state index is 3.79. The number of anilines is 6. The molecular formula is C54H48N4. The molecule has 0 aliphatic rings. The summed E-state index contributed by atoms with van der Waals surface area (Å²) in [7, 11) is 0. The highest BCUT2D eigenvalue weighted by molar-refractivity contribution is 6.17. The molecular weight excluding hydrogens is 705 g/mol. The third-order valence-corrected chi connectivity index (χ3v) is 11.8. The normalized spacial score (nSPS) is 12.3. The van der Waals surface area contributed by atoms with E-state index in [1.54, 1.807) is 0 Å². The van der Waals surface area contributed by atoms with Crippen LogP contribution >= 0.6 is 0 Å². The van der Waals surface area contributed by atoms with E-state index in [4.69, 9.17) is 0 Å². The van der Waals surface area contributed by atoms with Crippen LogP contribution in [0.4, 0.5) is 34.1 Å². The van der Waals surface area contributed by atoms with E-state index in [9.17, 15) is 0 Å². The lowest BCUT2D eigenvalue weighted by molar-refractivity contribution is 0.590. The minimum Gasteiger partial charge on any atom is -0.354 e. The molecule has 0 aliphatic heterocycles. The number of nitrogens with one attached hydrogen (secondary N) is 2. The summed E-state index contributed by atoms with van der Waals surface area (Å²) in [6, 6.07) is 62.2. The van der Waals surface area contributed by atoms with Crippen molar-refractivity contribution in [1.29, 1.82) is 0 Å². The zero-order valence-corrected chi connectivity index (χ0v) is 34.1. The number of hydrogen-bond acceptors (Lipinski definition) is 2. The number of aromatic nitrogens is 2. The smallest absolute Gasteiger partial charge is 0.0485 e. The number of hydrogen-bond donors (Lipinski definition) is 2. The van der Waals surface area contributed by atoms with Crippen molar-refractivity contribution >= 4 is 88.5 Å². The van der Waals surface area contributed by atoms with Crippen LogP contribution in [0, 0.1) is 0 Å². The van der Waals surface area contributed by atoms with Crippen LogP contribution in [0.3, 0.4) is 0 Å². The van der Waals surface area contributed by atoms with Gasteiger partial charge >= 0.3 is 0 Å². The number of fused-ring (bicyclic) bond motifs is 7. The number of rotatable bonds is 6. The van der Waals surface area contributed by atoms with E-state index in [2.05, 4.69) is 231 Å². The van der Waals surface area contributed by atoms with E-state index in [-0.39, 0.29) is 10.8 Å². The molecule has 0 fully saturated rings. The summed E-state index contributed by atoms with van der Waals surface area (Å²) in [4.78, 5) is 12.3. The number of para-hydroxylation sites is 2. The quantitative estimate of drug-likeness (QED) is 0.177. The molecule has 0 amide bonds. The van der Waals surface area contributed by atoms with Crippen LogP contribution in [0.25, 0.3) is 54.4 Å². The summed E-state index contributed by atoms with van der Waals surface area (Å²) in [6.07, 6.45) is 0. The Balaban J connectivity index is 1.04. The molecule has 2 N–H and O–H groups in total. The molecule has 2 aromatic heterocycles. The fourth-order valence-electron chi connectivity index (χ4n) is 8.58. The molecule has 0 bridgehead atoms. The SMILES string of the molecule is CC(C)(C)c1ccc(N(c2ccccc2)c2ccc3c(c2)[nH]c2cc4cc5[nH]c6cc(N(c7ccccc7)c7ccc(C(C)(C)C)cc7)ccc6c5cc4cc23)cc1. The van der Waals surface area contributed by atoms with Gasteiger partial charge in [-0.15, -0.1) is 0 Å². The lowest BCUT2D eigenvalue weighted by atomic mass is 9.87. The molecule has 2 heterocycles. The Kier molecular flexibility index (Phi) is 8.24. The molecule has 0 saturated heterocycles. The summed E-state index contributed by atoms with van der Waals surface area (Å²) >= 11 is 0. The Morgan fingerprint density at radius 1 is 0.310 bits per heavy atom. The average Bonchev–Trinajstić information content (AvgIpc) is 3.76. The predicted molar refractivity (Wildman–Crippen MR) is 249 cm³/mol. The molecule has 58 heavy (non-hydrogen) atoms. The van der Waals surface area contributed by atoms with Gasteiger partial charge < -0.3 is 19.8 Å². The van der Waals surface area contributed by atoms with Crippen LogP contribution in [0.1, 0.15) is 52.7 Å². The van der Waals surface area contributed by atoms with E-state index in [0.29, 0.717) is 0 Å². The van der Waals surface area contributed by atoms with Crippen LogP contribution in [0.2, 0.25) is 0 Å². The van der Waals surface area contributed by atoms with Gasteiger partial charge in [-0.25, -0.2) is 0 Å².